The van der Waals surface area contributed by atoms with E-state index in [1.165, 1.54) is 0 Å². The van der Waals surface area contributed by atoms with E-state index in [4.69, 9.17) is 10.6 Å². The van der Waals surface area contributed by atoms with Gasteiger partial charge in [0, 0.05) is 19.1 Å². The first kappa shape index (κ1) is 14.0. The Morgan fingerprint density at radius 3 is 2.68 bits per heavy atom. The third-order valence-electron chi connectivity index (χ3n) is 3.27. The molecule has 0 saturated carbocycles. The lowest BCUT2D eigenvalue weighted by molar-refractivity contribution is -0.136. The summed E-state index contributed by atoms with van der Waals surface area (Å²) >= 11 is 0. The van der Waals surface area contributed by atoms with Crippen LogP contribution in [-0.4, -0.2) is 36.5 Å². The van der Waals surface area contributed by atoms with Gasteiger partial charge in [-0.15, -0.1) is 0 Å². The van der Waals surface area contributed by atoms with Gasteiger partial charge < -0.3 is 5.73 Å². The number of nitrogens with zero attached hydrogens (tertiary/aromatic N) is 1. The molecule has 19 heavy (non-hydrogen) atoms. The molecule has 104 valence electrons. The summed E-state index contributed by atoms with van der Waals surface area (Å²) in [5, 5.41) is 0. The summed E-state index contributed by atoms with van der Waals surface area (Å²) in [5.74, 6) is -0.105. The number of likely N-dealkylation sites (tertiary alicyclic amines) is 1. The fourth-order valence-corrected chi connectivity index (χ4v) is 2.12. The third-order valence-corrected chi connectivity index (χ3v) is 3.27. The van der Waals surface area contributed by atoms with Crippen LogP contribution in [0.2, 0.25) is 0 Å². The molecule has 1 saturated heterocycles. The van der Waals surface area contributed by atoms with Crippen LogP contribution in [0.1, 0.15) is 18.4 Å². The van der Waals surface area contributed by atoms with Gasteiger partial charge in [0.05, 0.1) is 13.2 Å². The molecule has 0 atom stereocenters. The van der Waals surface area contributed by atoms with Crippen LogP contribution >= 0.6 is 0 Å². The zero-order chi connectivity index (χ0) is 13.5. The molecule has 1 aromatic rings. The lowest BCUT2D eigenvalue weighted by Gasteiger charge is -2.29. The molecule has 2 rings (SSSR count). The van der Waals surface area contributed by atoms with Gasteiger partial charge in [0.25, 0.3) is 5.91 Å². The van der Waals surface area contributed by atoms with Crippen LogP contribution in [0.25, 0.3) is 0 Å². The third kappa shape index (κ3) is 4.98. The van der Waals surface area contributed by atoms with Crippen molar-refractivity contribution >= 4 is 5.91 Å². The molecular weight excluding hydrogens is 242 g/mol. The number of carbonyl (C=O) groups is 1. The number of benzene rings is 1. The van der Waals surface area contributed by atoms with E-state index in [1.54, 1.807) is 0 Å². The van der Waals surface area contributed by atoms with E-state index in [1.807, 2.05) is 30.3 Å². The fraction of sp³-hybridized carbons (Fsp3) is 0.500. The summed E-state index contributed by atoms with van der Waals surface area (Å²) in [6.07, 6.45) is 1.91. The first-order valence-corrected chi connectivity index (χ1v) is 6.66. The summed E-state index contributed by atoms with van der Waals surface area (Å²) in [5.41, 5.74) is 9.33. The highest BCUT2D eigenvalue weighted by atomic mass is 16.6. The van der Waals surface area contributed by atoms with Crippen molar-refractivity contribution in [1.29, 1.82) is 0 Å². The number of amides is 1. The number of hydrogen-bond donors (Lipinski definition) is 2. The number of carbonyl (C=O) groups excluding carboxylic acids is 1. The molecular formula is C14H21N3O2. The Kier molecular flexibility index (Phi) is 5.32. The quantitative estimate of drug-likeness (QED) is 0.766. The van der Waals surface area contributed by atoms with Crippen LogP contribution in [0, 0.1) is 0 Å². The predicted octanol–water partition coefficient (Wildman–Crippen LogP) is 0.658. The lowest BCUT2D eigenvalue weighted by Crippen LogP contribution is -2.44. The van der Waals surface area contributed by atoms with E-state index in [2.05, 4.69) is 10.4 Å². The van der Waals surface area contributed by atoms with Crippen molar-refractivity contribution in [3.05, 3.63) is 35.9 Å². The minimum absolute atomic E-state index is 0.105. The van der Waals surface area contributed by atoms with Crippen LogP contribution in [-0.2, 0) is 16.2 Å². The molecule has 1 aromatic carbocycles. The second-order valence-electron chi connectivity index (χ2n) is 4.91. The zero-order valence-electron chi connectivity index (χ0n) is 11.0. The van der Waals surface area contributed by atoms with Gasteiger partial charge in [-0.05, 0) is 18.4 Å². The normalized spacial score (nSPS) is 17.3. The molecule has 0 aliphatic carbocycles. The summed E-state index contributed by atoms with van der Waals surface area (Å²) in [7, 11) is 0. The minimum Gasteiger partial charge on any atom is -0.328 e. The summed E-state index contributed by atoms with van der Waals surface area (Å²) < 4.78 is 0. The second kappa shape index (κ2) is 7.23. The molecule has 3 N–H and O–H groups in total. The molecule has 5 heteroatoms. The Hall–Kier alpha value is -1.43. The average molecular weight is 263 g/mol. The highest BCUT2D eigenvalue weighted by Gasteiger charge is 2.18. The molecule has 0 spiro atoms. The van der Waals surface area contributed by atoms with Crippen molar-refractivity contribution in [1.82, 2.24) is 10.4 Å². The number of nitrogens with two attached hydrogens (primary N) is 1. The first-order chi connectivity index (χ1) is 9.24. The molecule has 5 nitrogen and oxygen atoms in total. The molecule has 0 aromatic heterocycles. The van der Waals surface area contributed by atoms with E-state index in [0.717, 1.165) is 31.5 Å². The van der Waals surface area contributed by atoms with Crippen LogP contribution in [0.15, 0.2) is 30.3 Å². The van der Waals surface area contributed by atoms with Crippen molar-refractivity contribution < 1.29 is 9.63 Å². The van der Waals surface area contributed by atoms with Gasteiger partial charge >= 0.3 is 0 Å². The van der Waals surface area contributed by atoms with Gasteiger partial charge in [0.15, 0.2) is 0 Å². The SMILES string of the molecule is NC1CCN(CC(=O)NOCc2ccccc2)CC1. The van der Waals surface area contributed by atoms with E-state index in [9.17, 15) is 4.79 Å². The topological polar surface area (TPSA) is 67.6 Å². The van der Waals surface area contributed by atoms with E-state index in [-0.39, 0.29) is 11.9 Å². The predicted molar refractivity (Wildman–Crippen MR) is 73.0 cm³/mol. The lowest BCUT2D eigenvalue weighted by atomic mass is 10.1. The molecule has 0 bridgehead atoms. The van der Waals surface area contributed by atoms with E-state index >= 15 is 0 Å². The number of nitrogens with one attached hydrogen (secondary N) is 1. The Bertz CT molecular complexity index is 389. The first-order valence-electron chi connectivity index (χ1n) is 6.66. The molecule has 0 radical (unpaired) electrons. The zero-order valence-corrected chi connectivity index (χ0v) is 11.0. The maximum atomic E-state index is 11.7. The standard InChI is InChI=1S/C14H21N3O2/c15-13-6-8-17(9-7-13)10-14(18)16-19-11-12-4-2-1-3-5-12/h1-5,13H,6-11,15H2,(H,16,18). The van der Waals surface area contributed by atoms with Crippen LogP contribution in [0.4, 0.5) is 0 Å². The molecule has 1 aliphatic rings. The number of hydroxylamine groups is 1. The van der Waals surface area contributed by atoms with Gasteiger partial charge in [-0.3, -0.25) is 14.5 Å². The maximum absolute atomic E-state index is 11.7. The minimum atomic E-state index is -0.105. The molecule has 1 fully saturated rings. The van der Waals surface area contributed by atoms with Gasteiger partial charge in [-0.25, -0.2) is 5.48 Å². The fourth-order valence-electron chi connectivity index (χ4n) is 2.12. The van der Waals surface area contributed by atoms with Crippen LogP contribution in [0.3, 0.4) is 0 Å². The molecule has 1 amide bonds. The van der Waals surface area contributed by atoms with Gasteiger partial charge in [-0.2, -0.15) is 0 Å². The number of piperidine rings is 1. The van der Waals surface area contributed by atoms with Crippen LogP contribution in [0.5, 0.6) is 0 Å². The smallest absolute Gasteiger partial charge is 0.257 e. The Balaban J connectivity index is 1.62. The van der Waals surface area contributed by atoms with Crippen molar-refractivity contribution in [2.24, 2.45) is 5.73 Å². The van der Waals surface area contributed by atoms with Crippen molar-refractivity contribution in [3.63, 3.8) is 0 Å². The van der Waals surface area contributed by atoms with E-state index < -0.39 is 0 Å². The summed E-state index contributed by atoms with van der Waals surface area (Å²) in [6, 6.07) is 10.0. The van der Waals surface area contributed by atoms with Crippen LogP contribution < -0.4 is 11.2 Å². The number of hydrogen-bond acceptors (Lipinski definition) is 4. The van der Waals surface area contributed by atoms with Gasteiger partial charge in [0.1, 0.15) is 0 Å². The maximum Gasteiger partial charge on any atom is 0.257 e. The Morgan fingerprint density at radius 2 is 2.00 bits per heavy atom. The highest BCUT2D eigenvalue weighted by molar-refractivity contribution is 5.76. The molecule has 0 unspecified atom stereocenters. The monoisotopic (exact) mass is 263 g/mol. The summed E-state index contributed by atoms with van der Waals surface area (Å²) in [4.78, 5) is 19.0. The van der Waals surface area contributed by atoms with Crippen molar-refractivity contribution in [3.8, 4) is 0 Å². The molecule has 1 heterocycles. The summed E-state index contributed by atoms with van der Waals surface area (Å²) in [6.45, 7) is 2.53. The van der Waals surface area contributed by atoms with E-state index in [0.29, 0.717) is 13.2 Å². The largest absolute Gasteiger partial charge is 0.328 e. The highest BCUT2D eigenvalue weighted by Crippen LogP contribution is 2.07. The number of rotatable bonds is 5. The van der Waals surface area contributed by atoms with Gasteiger partial charge in [-0.1, -0.05) is 30.3 Å². The molecule has 1 aliphatic heterocycles. The Morgan fingerprint density at radius 1 is 1.32 bits per heavy atom. The van der Waals surface area contributed by atoms with Crippen molar-refractivity contribution in [2.45, 2.75) is 25.5 Å². The Labute approximate surface area is 113 Å². The van der Waals surface area contributed by atoms with Crippen molar-refractivity contribution in [2.75, 3.05) is 19.6 Å². The average Bonchev–Trinajstić information content (AvgIpc) is 2.43. The van der Waals surface area contributed by atoms with Gasteiger partial charge in [0.2, 0.25) is 0 Å². The second-order valence-corrected chi connectivity index (χ2v) is 4.91.